The molecule has 2 N–H and O–H groups in total. The van der Waals surface area contributed by atoms with E-state index in [1.165, 1.54) is 13.3 Å². The molecule has 1 aliphatic heterocycles. The maximum Gasteiger partial charge on any atom is 0.416 e. The summed E-state index contributed by atoms with van der Waals surface area (Å²) in [6.45, 7) is 4.29. The van der Waals surface area contributed by atoms with Crippen LogP contribution in [0, 0.1) is 0 Å². The summed E-state index contributed by atoms with van der Waals surface area (Å²) in [4.78, 5) is 37.4. The van der Waals surface area contributed by atoms with Gasteiger partial charge in [0.1, 0.15) is 12.2 Å². The molecule has 1 saturated heterocycles. The number of nitrogens with zero attached hydrogens (tertiary/aromatic N) is 4. The summed E-state index contributed by atoms with van der Waals surface area (Å²) in [6.07, 6.45) is -2.01. The van der Waals surface area contributed by atoms with Crippen molar-refractivity contribution in [1.29, 1.82) is 0 Å². The number of hydrogen-bond acceptors (Lipinski definition) is 7. The number of aromatic nitrogens is 3. The fourth-order valence-electron chi connectivity index (χ4n) is 4.31. The summed E-state index contributed by atoms with van der Waals surface area (Å²) >= 11 is 6.03. The van der Waals surface area contributed by atoms with E-state index in [-0.39, 0.29) is 39.7 Å². The second-order valence-corrected chi connectivity index (χ2v) is 8.93. The molecule has 1 fully saturated rings. The van der Waals surface area contributed by atoms with Gasteiger partial charge in [-0.05, 0) is 24.6 Å². The predicted molar refractivity (Wildman–Crippen MR) is 135 cm³/mol. The minimum Gasteiger partial charge on any atom is -0.480 e. The number of carbonyl (C=O) groups is 1. The van der Waals surface area contributed by atoms with Crippen LogP contribution in [0.5, 0.6) is 5.88 Å². The number of pyridine rings is 1. The van der Waals surface area contributed by atoms with Crippen LogP contribution < -0.4 is 25.7 Å². The molecule has 4 rings (SSSR count). The van der Waals surface area contributed by atoms with Crippen LogP contribution in [0.15, 0.2) is 29.2 Å². The van der Waals surface area contributed by atoms with Crippen LogP contribution in [-0.4, -0.2) is 53.7 Å². The first-order valence-corrected chi connectivity index (χ1v) is 12.1. The van der Waals surface area contributed by atoms with Gasteiger partial charge >= 0.3 is 6.18 Å². The molecule has 1 aliphatic rings. The molecule has 3 heterocycles. The molecule has 0 spiro atoms. The fraction of sp³-hybridized carbons (Fsp3) is 0.417. The number of halogens is 4. The first-order chi connectivity index (χ1) is 17.6. The van der Waals surface area contributed by atoms with E-state index in [1.807, 2.05) is 11.8 Å². The van der Waals surface area contributed by atoms with Crippen LogP contribution in [0.25, 0.3) is 11.2 Å². The third-order valence-corrected chi connectivity index (χ3v) is 6.33. The molecule has 0 saturated carbocycles. The highest BCUT2D eigenvalue weighted by atomic mass is 35.5. The van der Waals surface area contributed by atoms with Gasteiger partial charge in [-0.2, -0.15) is 13.2 Å². The number of nitrogens with one attached hydrogen (secondary N) is 2. The number of fused-ring (bicyclic) bond motifs is 1. The highest BCUT2D eigenvalue weighted by Crippen LogP contribution is 2.34. The number of piperazine rings is 1. The zero-order valence-corrected chi connectivity index (χ0v) is 21.0. The molecule has 0 radical (unpaired) electrons. The highest BCUT2D eigenvalue weighted by Gasteiger charge is 2.31. The van der Waals surface area contributed by atoms with Gasteiger partial charge in [0.25, 0.3) is 0 Å². The van der Waals surface area contributed by atoms with Crippen molar-refractivity contribution in [1.82, 2.24) is 19.9 Å². The van der Waals surface area contributed by atoms with Gasteiger partial charge in [0.15, 0.2) is 11.2 Å². The lowest BCUT2D eigenvalue weighted by Crippen LogP contribution is -2.46. The minimum absolute atomic E-state index is 0.0390. The third kappa shape index (κ3) is 5.64. The van der Waals surface area contributed by atoms with Crippen molar-refractivity contribution in [3.05, 3.63) is 50.9 Å². The number of methoxy groups -OCH3 is 1. The Bertz CT molecular complexity index is 1370. The van der Waals surface area contributed by atoms with Gasteiger partial charge in [-0.1, -0.05) is 24.9 Å². The van der Waals surface area contributed by atoms with Crippen molar-refractivity contribution in [2.24, 2.45) is 0 Å². The van der Waals surface area contributed by atoms with Crippen molar-refractivity contribution >= 4 is 40.0 Å². The van der Waals surface area contributed by atoms with Crippen LogP contribution in [-0.2, 0) is 23.9 Å². The Morgan fingerprint density at radius 1 is 1.27 bits per heavy atom. The van der Waals surface area contributed by atoms with E-state index in [0.29, 0.717) is 50.4 Å². The predicted octanol–water partition coefficient (Wildman–Crippen LogP) is 3.47. The lowest BCUT2D eigenvalue weighted by Gasteiger charge is -2.32. The second kappa shape index (κ2) is 10.9. The number of hydrogen-bond donors (Lipinski definition) is 2. The average molecular weight is 539 g/mol. The zero-order chi connectivity index (χ0) is 26.7. The summed E-state index contributed by atoms with van der Waals surface area (Å²) in [5.41, 5.74) is 0.187. The number of amides is 1. The number of anilines is 2. The fourth-order valence-corrected chi connectivity index (χ4v) is 4.54. The van der Waals surface area contributed by atoms with Gasteiger partial charge in [-0.25, -0.2) is 9.97 Å². The summed E-state index contributed by atoms with van der Waals surface area (Å²) in [5, 5.41) is 5.59. The molecule has 1 amide bonds. The van der Waals surface area contributed by atoms with Crippen molar-refractivity contribution in [2.45, 2.75) is 32.5 Å². The Hall–Kier alpha value is -3.38. The maximum absolute atomic E-state index is 13.6. The number of alkyl halides is 3. The van der Waals surface area contributed by atoms with Crippen LogP contribution in [0.1, 0.15) is 24.6 Å². The van der Waals surface area contributed by atoms with Gasteiger partial charge in [0, 0.05) is 31.9 Å². The van der Waals surface area contributed by atoms with Crippen molar-refractivity contribution < 1.29 is 22.7 Å². The Morgan fingerprint density at radius 3 is 2.62 bits per heavy atom. The summed E-state index contributed by atoms with van der Waals surface area (Å²) in [5.74, 6) is -0.389. The van der Waals surface area contributed by atoms with Crippen molar-refractivity contribution in [3.8, 4) is 5.88 Å². The van der Waals surface area contributed by atoms with E-state index >= 15 is 0 Å². The molecule has 3 aromatic rings. The number of rotatable bonds is 7. The first kappa shape index (κ1) is 26.7. The smallest absolute Gasteiger partial charge is 0.416 e. The second-order valence-electron chi connectivity index (χ2n) is 8.52. The van der Waals surface area contributed by atoms with Crippen LogP contribution in [0.2, 0.25) is 5.02 Å². The topological polar surface area (TPSA) is 101 Å². The molecular weight excluding hydrogens is 513 g/mol. The largest absolute Gasteiger partial charge is 0.480 e. The van der Waals surface area contributed by atoms with Crippen LogP contribution in [0.4, 0.5) is 24.5 Å². The highest BCUT2D eigenvalue weighted by molar-refractivity contribution is 6.33. The molecule has 0 atom stereocenters. The van der Waals surface area contributed by atoms with E-state index in [0.717, 1.165) is 18.2 Å². The molecule has 13 heteroatoms. The first-order valence-electron chi connectivity index (χ1n) is 11.7. The Balaban J connectivity index is 1.78. The molecule has 1 aromatic carbocycles. The van der Waals surface area contributed by atoms with E-state index in [4.69, 9.17) is 16.3 Å². The van der Waals surface area contributed by atoms with Gasteiger partial charge in [0.05, 0.1) is 29.6 Å². The summed E-state index contributed by atoms with van der Waals surface area (Å²) in [7, 11) is 1.41. The maximum atomic E-state index is 13.6. The van der Waals surface area contributed by atoms with E-state index < -0.39 is 17.6 Å². The van der Waals surface area contributed by atoms with Gasteiger partial charge < -0.3 is 24.8 Å². The minimum atomic E-state index is -4.56. The van der Waals surface area contributed by atoms with Crippen LogP contribution >= 0.6 is 11.6 Å². The normalized spacial score (nSPS) is 14.2. The van der Waals surface area contributed by atoms with E-state index in [2.05, 4.69) is 20.6 Å². The third-order valence-electron chi connectivity index (χ3n) is 6.02. The molecule has 0 aliphatic carbocycles. The summed E-state index contributed by atoms with van der Waals surface area (Å²) in [6, 6.07) is 2.71. The Morgan fingerprint density at radius 2 is 2.00 bits per heavy atom. The summed E-state index contributed by atoms with van der Waals surface area (Å²) < 4.78 is 45.8. The molecule has 0 bridgehead atoms. The molecule has 198 valence electrons. The molecule has 9 nitrogen and oxygen atoms in total. The number of carbonyl (C=O) groups excluding carboxylic acids is 1. The van der Waals surface area contributed by atoms with Gasteiger partial charge in [-0.3, -0.25) is 9.59 Å². The van der Waals surface area contributed by atoms with E-state index in [9.17, 15) is 22.8 Å². The molecule has 0 unspecified atom stereocenters. The zero-order valence-electron chi connectivity index (χ0n) is 20.3. The lowest BCUT2D eigenvalue weighted by molar-refractivity contribution is -0.137. The molecule has 37 heavy (non-hydrogen) atoms. The SMILES string of the molecule is CCCc1c(N2CCNCC2)c(=O)c2nc(OC)cnc2n1CC(=O)Nc1ccc(C(F)(F)F)cc1Cl. The average Bonchev–Trinajstić information content (AvgIpc) is 2.87. The molecular formula is C24H26ClF3N6O3. The van der Waals surface area contributed by atoms with Crippen LogP contribution in [0.3, 0.4) is 0 Å². The quantitative estimate of drug-likeness (QED) is 0.475. The number of ether oxygens (including phenoxy) is 1. The van der Waals surface area contributed by atoms with E-state index in [1.54, 1.807) is 4.57 Å². The standard InChI is InChI=1S/C24H26ClF3N6O3/c1-3-4-17-21(33-9-7-29-8-10-33)22(36)20-23(30-12-19(32-20)37-2)34(17)13-18(35)31-16-6-5-14(11-15(16)25)24(26,27)28/h5-6,11-12,29H,3-4,7-10,13H2,1-2H3,(H,31,35). The number of benzene rings is 1. The Labute approximate surface area is 215 Å². The van der Waals surface area contributed by atoms with Crippen molar-refractivity contribution in [3.63, 3.8) is 0 Å². The molecule has 2 aromatic heterocycles. The van der Waals surface area contributed by atoms with Gasteiger partial charge in [-0.15, -0.1) is 0 Å². The lowest BCUT2D eigenvalue weighted by atomic mass is 10.1. The van der Waals surface area contributed by atoms with Gasteiger partial charge in [0.2, 0.25) is 17.2 Å². The van der Waals surface area contributed by atoms with Crippen molar-refractivity contribution in [2.75, 3.05) is 43.5 Å². The Kier molecular flexibility index (Phi) is 7.88. The monoisotopic (exact) mass is 538 g/mol.